The fourth-order valence-electron chi connectivity index (χ4n) is 1.76. The summed E-state index contributed by atoms with van der Waals surface area (Å²) in [4.78, 5) is 11.9. The molecule has 2 aromatic rings. The lowest BCUT2D eigenvalue weighted by Gasteiger charge is -2.06. The SMILES string of the molecule is CCNCc1cccc(NC(=O)c2cc(C)[nH]n2)c1. The van der Waals surface area contributed by atoms with E-state index in [0.717, 1.165) is 30.0 Å². The minimum absolute atomic E-state index is 0.204. The van der Waals surface area contributed by atoms with Gasteiger partial charge in [-0.15, -0.1) is 0 Å². The molecule has 19 heavy (non-hydrogen) atoms. The molecule has 0 aliphatic carbocycles. The van der Waals surface area contributed by atoms with Crippen LogP contribution in [0.15, 0.2) is 30.3 Å². The molecular weight excluding hydrogens is 240 g/mol. The van der Waals surface area contributed by atoms with Crippen LogP contribution in [0.3, 0.4) is 0 Å². The molecule has 1 heterocycles. The van der Waals surface area contributed by atoms with E-state index in [0.29, 0.717) is 5.69 Å². The lowest BCUT2D eigenvalue weighted by Crippen LogP contribution is -2.14. The van der Waals surface area contributed by atoms with Crippen molar-refractivity contribution in [1.29, 1.82) is 0 Å². The lowest BCUT2D eigenvalue weighted by atomic mass is 10.2. The van der Waals surface area contributed by atoms with Crippen molar-refractivity contribution in [3.8, 4) is 0 Å². The highest BCUT2D eigenvalue weighted by atomic mass is 16.1. The Hall–Kier alpha value is -2.14. The van der Waals surface area contributed by atoms with Crippen LogP contribution in [0.5, 0.6) is 0 Å². The molecule has 0 fully saturated rings. The third kappa shape index (κ3) is 3.66. The number of carbonyl (C=O) groups is 1. The molecule has 5 heteroatoms. The summed E-state index contributed by atoms with van der Waals surface area (Å²) in [5.74, 6) is -0.204. The number of hydrogen-bond acceptors (Lipinski definition) is 3. The van der Waals surface area contributed by atoms with Gasteiger partial charge in [0.2, 0.25) is 0 Å². The zero-order valence-corrected chi connectivity index (χ0v) is 11.2. The normalized spacial score (nSPS) is 10.4. The topological polar surface area (TPSA) is 69.8 Å². The number of aryl methyl sites for hydroxylation is 1. The molecule has 0 unspecified atom stereocenters. The highest BCUT2D eigenvalue weighted by molar-refractivity contribution is 6.02. The van der Waals surface area contributed by atoms with E-state index in [-0.39, 0.29) is 5.91 Å². The van der Waals surface area contributed by atoms with E-state index >= 15 is 0 Å². The molecule has 100 valence electrons. The number of H-pyrrole nitrogens is 1. The number of benzene rings is 1. The van der Waals surface area contributed by atoms with Crippen molar-refractivity contribution >= 4 is 11.6 Å². The van der Waals surface area contributed by atoms with Crippen molar-refractivity contribution in [3.05, 3.63) is 47.3 Å². The van der Waals surface area contributed by atoms with Crippen LogP contribution in [0.2, 0.25) is 0 Å². The highest BCUT2D eigenvalue weighted by Crippen LogP contribution is 2.12. The van der Waals surface area contributed by atoms with Gasteiger partial charge in [0.25, 0.3) is 5.91 Å². The molecule has 3 N–H and O–H groups in total. The van der Waals surface area contributed by atoms with Crippen LogP contribution < -0.4 is 10.6 Å². The van der Waals surface area contributed by atoms with Crippen LogP contribution in [0.25, 0.3) is 0 Å². The second-order valence-electron chi connectivity index (χ2n) is 4.37. The first-order valence-corrected chi connectivity index (χ1v) is 6.32. The number of hydrogen-bond donors (Lipinski definition) is 3. The number of nitrogens with zero attached hydrogens (tertiary/aromatic N) is 1. The molecule has 0 aliphatic rings. The summed E-state index contributed by atoms with van der Waals surface area (Å²) >= 11 is 0. The Bertz CT molecular complexity index is 562. The van der Waals surface area contributed by atoms with Gasteiger partial charge < -0.3 is 10.6 Å². The Kier molecular flexibility index (Phi) is 4.30. The molecule has 1 aromatic heterocycles. The van der Waals surface area contributed by atoms with Crippen LogP contribution in [0, 0.1) is 6.92 Å². The monoisotopic (exact) mass is 258 g/mol. The Balaban J connectivity index is 2.04. The zero-order chi connectivity index (χ0) is 13.7. The number of anilines is 1. The van der Waals surface area contributed by atoms with Gasteiger partial charge in [-0.05, 0) is 37.2 Å². The van der Waals surface area contributed by atoms with Crippen molar-refractivity contribution in [3.63, 3.8) is 0 Å². The fourth-order valence-corrected chi connectivity index (χ4v) is 1.76. The van der Waals surface area contributed by atoms with Gasteiger partial charge in [-0.2, -0.15) is 5.10 Å². The number of carbonyl (C=O) groups excluding carboxylic acids is 1. The number of aromatic nitrogens is 2. The Morgan fingerprint density at radius 1 is 1.37 bits per heavy atom. The van der Waals surface area contributed by atoms with E-state index in [2.05, 4.69) is 27.8 Å². The molecule has 1 amide bonds. The van der Waals surface area contributed by atoms with Crippen LogP contribution in [-0.4, -0.2) is 22.6 Å². The van der Waals surface area contributed by atoms with E-state index in [1.165, 1.54) is 0 Å². The standard InChI is InChI=1S/C14H18N4O/c1-3-15-9-11-5-4-6-12(8-11)16-14(19)13-7-10(2)17-18-13/h4-8,15H,3,9H2,1-2H3,(H,16,19)(H,17,18). The van der Waals surface area contributed by atoms with Crippen molar-refractivity contribution in [1.82, 2.24) is 15.5 Å². The predicted molar refractivity (Wildman–Crippen MR) is 75.1 cm³/mol. The van der Waals surface area contributed by atoms with Gasteiger partial charge >= 0.3 is 0 Å². The van der Waals surface area contributed by atoms with Gasteiger partial charge in [-0.1, -0.05) is 19.1 Å². The van der Waals surface area contributed by atoms with Crippen LogP contribution in [0.1, 0.15) is 28.7 Å². The van der Waals surface area contributed by atoms with Gasteiger partial charge in [0.1, 0.15) is 0 Å². The largest absolute Gasteiger partial charge is 0.321 e. The van der Waals surface area contributed by atoms with Crippen molar-refractivity contribution in [2.45, 2.75) is 20.4 Å². The predicted octanol–water partition coefficient (Wildman–Crippen LogP) is 2.08. The summed E-state index contributed by atoms with van der Waals surface area (Å²) in [7, 11) is 0. The first-order valence-electron chi connectivity index (χ1n) is 6.32. The molecule has 2 rings (SSSR count). The molecule has 5 nitrogen and oxygen atoms in total. The zero-order valence-electron chi connectivity index (χ0n) is 11.2. The third-order valence-electron chi connectivity index (χ3n) is 2.70. The van der Waals surface area contributed by atoms with E-state index in [9.17, 15) is 4.79 Å². The lowest BCUT2D eigenvalue weighted by molar-refractivity contribution is 0.102. The van der Waals surface area contributed by atoms with Gasteiger partial charge in [0.05, 0.1) is 0 Å². The maximum atomic E-state index is 11.9. The summed E-state index contributed by atoms with van der Waals surface area (Å²) < 4.78 is 0. The molecule has 0 saturated heterocycles. The van der Waals surface area contributed by atoms with Crippen molar-refractivity contribution in [2.24, 2.45) is 0 Å². The first-order chi connectivity index (χ1) is 9.19. The van der Waals surface area contributed by atoms with E-state index in [4.69, 9.17) is 0 Å². The molecule has 1 aromatic carbocycles. The van der Waals surface area contributed by atoms with Gasteiger partial charge in [0, 0.05) is 17.9 Å². The Morgan fingerprint density at radius 2 is 2.21 bits per heavy atom. The van der Waals surface area contributed by atoms with Crippen molar-refractivity contribution in [2.75, 3.05) is 11.9 Å². The Labute approximate surface area is 112 Å². The Morgan fingerprint density at radius 3 is 2.89 bits per heavy atom. The average Bonchev–Trinajstić information content (AvgIpc) is 2.83. The minimum Gasteiger partial charge on any atom is -0.321 e. The summed E-state index contributed by atoms with van der Waals surface area (Å²) in [6.07, 6.45) is 0. The summed E-state index contributed by atoms with van der Waals surface area (Å²) in [6, 6.07) is 9.50. The van der Waals surface area contributed by atoms with Crippen LogP contribution in [-0.2, 0) is 6.54 Å². The summed E-state index contributed by atoms with van der Waals surface area (Å²) in [5.41, 5.74) is 3.18. The molecular formula is C14H18N4O. The quantitative estimate of drug-likeness (QED) is 0.769. The van der Waals surface area contributed by atoms with Gasteiger partial charge in [-0.3, -0.25) is 9.89 Å². The van der Waals surface area contributed by atoms with Gasteiger partial charge in [0.15, 0.2) is 5.69 Å². The summed E-state index contributed by atoms with van der Waals surface area (Å²) in [6.45, 7) is 5.64. The second-order valence-corrected chi connectivity index (χ2v) is 4.37. The fraction of sp³-hybridized carbons (Fsp3) is 0.286. The van der Waals surface area contributed by atoms with E-state index < -0.39 is 0 Å². The van der Waals surface area contributed by atoms with Crippen LogP contribution >= 0.6 is 0 Å². The minimum atomic E-state index is -0.204. The van der Waals surface area contributed by atoms with E-state index in [1.54, 1.807) is 6.07 Å². The molecule has 0 spiro atoms. The molecule has 0 atom stereocenters. The highest BCUT2D eigenvalue weighted by Gasteiger charge is 2.09. The summed E-state index contributed by atoms with van der Waals surface area (Å²) in [5, 5.41) is 12.8. The number of amides is 1. The van der Waals surface area contributed by atoms with Crippen molar-refractivity contribution < 1.29 is 4.79 Å². The maximum Gasteiger partial charge on any atom is 0.276 e. The maximum absolute atomic E-state index is 11.9. The second kappa shape index (κ2) is 6.15. The number of rotatable bonds is 5. The smallest absolute Gasteiger partial charge is 0.276 e. The van der Waals surface area contributed by atoms with E-state index in [1.807, 2.05) is 31.2 Å². The number of nitrogens with one attached hydrogen (secondary N) is 3. The molecule has 0 saturated carbocycles. The molecule has 0 radical (unpaired) electrons. The average molecular weight is 258 g/mol. The van der Waals surface area contributed by atoms with Crippen LogP contribution in [0.4, 0.5) is 5.69 Å². The molecule has 0 bridgehead atoms. The van der Waals surface area contributed by atoms with Gasteiger partial charge in [-0.25, -0.2) is 0 Å². The first kappa shape index (κ1) is 13.3. The third-order valence-corrected chi connectivity index (χ3v) is 2.70. The molecule has 0 aliphatic heterocycles. The number of aromatic amines is 1.